The van der Waals surface area contributed by atoms with E-state index in [0.717, 1.165) is 12.5 Å². The predicted octanol–water partition coefficient (Wildman–Crippen LogP) is 1.56. The van der Waals surface area contributed by atoms with Crippen LogP contribution in [-0.4, -0.2) is 14.8 Å². The van der Waals surface area contributed by atoms with Crippen LogP contribution in [0.3, 0.4) is 0 Å². The van der Waals surface area contributed by atoms with Crippen LogP contribution in [0.15, 0.2) is 23.0 Å². The molecule has 1 aliphatic carbocycles. The van der Waals surface area contributed by atoms with Crippen LogP contribution in [0.1, 0.15) is 29.8 Å². The van der Waals surface area contributed by atoms with E-state index in [-0.39, 0.29) is 23.6 Å². The van der Waals surface area contributed by atoms with E-state index >= 15 is 0 Å². The molecule has 0 amide bonds. The molecule has 1 aromatic carbocycles. The molecule has 0 saturated heterocycles. The minimum absolute atomic E-state index is 0.246. The highest BCUT2D eigenvalue weighted by molar-refractivity contribution is 5.32. The van der Waals surface area contributed by atoms with Crippen molar-refractivity contribution in [1.82, 2.24) is 14.8 Å². The fraction of sp³-hybridized carbons (Fsp3) is 0.333. The summed E-state index contributed by atoms with van der Waals surface area (Å²) >= 11 is 0. The first-order valence-corrected chi connectivity index (χ1v) is 5.78. The van der Waals surface area contributed by atoms with E-state index in [1.807, 2.05) is 0 Å². The van der Waals surface area contributed by atoms with Crippen molar-refractivity contribution in [2.24, 2.45) is 5.92 Å². The maximum Gasteiger partial charge on any atom is 0.343 e. The summed E-state index contributed by atoms with van der Waals surface area (Å²) in [5.41, 5.74) is 0.189. The molecule has 2 aromatic rings. The quantitative estimate of drug-likeness (QED) is 0.833. The van der Waals surface area contributed by atoms with Gasteiger partial charge in [0.2, 0.25) is 0 Å². The second kappa shape index (κ2) is 3.07. The number of nitrogens with zero attached hydrogens (tertiary/aromatic N) is 2. The summed E-state index contributed by atoms with van der Waals surface area (Å²) in [6.45, 7) is 0. The monoisotopic (exact) mass is 249 g/mol. The molecule has 1 fully saturated rings. The van der Waals surface area contributed by atoms with Crippen LogP contribution >= 0.6 is 0 Å². The molecular weight excluding hydrogens is 240 g/mol. The highest BCUT2D eigenvalue weighted by Crippen LogP contribution is 2.59. The van der Waals surface area contributed by atoms with Crippen LogP contribution in [0, 0.1) is 17.6 Å². The second-order valence-electron chi connectivity index (χ2n) is 4.91. The summed E-state index contributed by atoms with van der Waals surface area (Å²) in [4.78, 5) is 11.7. The zero-order valence-corrected chi connectivity index (χ0v) is 9.23. The highest BCUT2D eigenvalue weighted by atomic mass is 19.1. The summed E-state index contributed by atoms with van der Waals surface area (Å²) in [6, 6.07) is 3.12. The molecule has 4 rings (SSSR count). The zero-order valence-electron chi connectivity index (χ0n) is 9.23. The van der Waals surface area contributed by atoms with Crippen molar-refractivity contribution in [2.45, 2.75) is 18.4 Å². The van der Waals surface area contributed by atoms with E-state index in [9.17, 15) is 13.6 Å². The molecule has 2 aliphatic rings. The molecule has 0 radical (unpaired) electrons. The first-order chi connectivity index (χ1) is 8.65. The molecule has 4 nitrogen and oxygen atoms in total. The highest BCUT2D eigenvalue weighted by Gasteiger charge is 2.55. The van der Waals surface area contributed by atoms with E-state index in [1.165, 1.54) is 16.7 Å². The lowest BCUT2D eigenvalue weighted by Gasteiger charge is -2.15. The van der Waals surface area contributed by atoms with Crippen LogP contribution in [0.5, 0.6) is 0 Å². The smallest absolute Gasteiger partial charge is 0.271 e. The van der Waals surface area contributed by atoms with Crippen LogP contribution in [-0.2, 0) is 0 Å². The first kappa shape index (κ1) is 9.99. The fourth-order valence-electron chi connectivity index (χ4n) is 3.04. The van der Waals surface area contributed by atoms with Gasteiger partial charge in [0.1, 0.15) is 17.5 Å². The molecule has 92 valence electrons. The van der Waals surface area contributed by atoms with Crippen molar-refractivity contribution >= 4 is 0 Å². The molecule has 18 heavy (non-hydrogen) atoms. The van der Waals surface area contributed by atoms with Gasteiger partial charge in [-0.2, -0.15) is 5.10 Å². The van der Waals surface area contributed by atoms with Crippen LogP contribution in [0.25, 0.3) is 0 Å². The number of benzene rings is 1. The lowest BCUT2D eigenvalue weighted by atomic mass is 10.0. The molecular formula is C12H9F2N3O. The van der Waals surface area contributed by atoms with Gasteiger partial charge in [0.15, 0.2) is 0 Å². The third-order valence-corrected chi connectivity index (χ3v) is 3.81. The SMILES string of the molecule is O=c1[nH]nc2n1C(c1cc(F)cc(F)c1)C1CC21. The number of halogens is 2. The van der Waals surface area contributed by atoms with Gasteiger partial charge in [-0.15, -0.1) is 0 Å². The minimum Gasteiger partial charge on any atom is -0.271 e. The van der Waals surface area contributed by atoms with E-state index in [1.54, 1.807) is 0 Å². The predicted molar refractivity (Wildman–Crippen MR) is 58.2 cm³/mol. The van der Waals surface area contributed by atoms with E-state index in [2.05, 4.69) is 10.2 Å². The number of aromatic nitrogens is 3. The molecule has 6 heteroatoms. The lowest BCUT2D eigenvalue weighted by molar-refractivity contribution is 0.520. The fourth-order valence-corrected chi connectivity index (χ4v) is 3.04. The van der Waals surface area contributed by atoms with E-state index in [0.29, 0.717) is 11.4 Å². The van der Waals surface area contributed by atoms with Crippen LogP contribution in [0.2, 0.25) is 0 Å². The van der Waals surface area contributed by atoms with Crippen molar-refractivity contribution in [3.05, 3.63) is 51.7 Å². The number of hydrogen-bond donors (Lipinski definition) is 1. The maximum atomic E-state index is 13.3. The number of aromatic amines is 1. The summed E-state index contributed by atoms with van der Waals surface area (Å²) in [7, 11) is 0. The Kier molecular flexibility index (Phi) is 1.70. The molecule has 1 N–H and O–H groups in total. The minimum atomic E-state index is -0.618. The molecule has 1 aliphatic heterocycles. The molecule has 3 unspecified atom stereocenters. The molecule has 0 spiro atoms. The molecule has 1 aromatic heterocycles. The third kappa shape index (κ3) is 1.17. The average molecular weight is 249 g/mol. The van der Waals surface area contributed by atoms with Crippen molar-refractivity contribution in [2.75, 3.05) is 0 Å². The maximum absolute atomic E-state index is 13.3. The van der Waals surface area contributed by atoms with Gasteiger partial charge in [-0.1, -0.05) is 0 Å². The lowest BCUT2D eigenvalue weighted by Crippen LogP contribution is -2.23. The normalized spacial score (nSPS) is 28.0. The molecule has 1 saturated carbocycles. The van der Waals surface area contributed by atoms with Gasteiger partial charge in [-0.3, -0.25) is 4.57 Å². The van der Waals surface area contributed by atoms with Crippen molar-refractivity contribution in [3.8, 4) is 0 Å². The molecule has 0 bridgehead atoms. The van der Waals surface area contributed by atoms with Gasteiger partial charge in [0.25, 0.3) is 0 Å². The Labute approximate surface area is 100 Å². The zero-order chi connectivity index (χ0) is 12.4. The Morgan fingerprint density at radius 2 is 2.00 bits per heavy atom. The topological polar surface area (TPSA) is 50.7 Å². The van der Waals surface area contributed by atoms with Crippen molar-refractivity contribution in [3.63, 3.8) is 0 Å². The number of H-pyrrole nitrogens is 1. The number of fused-ring (bicyclic) bond motifs is 3. The van der Waals surface area contributed by atoms with Crippen LogP contribution < -0.4 is 5.69 Å². The number of rotatable bonds is 1. The largest absolute Gasteiger partial charge is 0.343 e. The average Bonchev–Trinajstić information content (AvgIpc) is 2.87. The van der Waals surface area contributed by atoms with Gasteiger partial charge in [-0.25, -0.2) is 18.7 Å². The summed E-state index contributed by atoms with van der Waals surface area (Å²) in [6.07, 6.45) is 0.924. The first-order valence-electron chi connectivity index (χ1n) is 5.78. The van der Waals surface area contributed by atoms with Crippen molar-refractivity contribution < 1.29 is 8.78 Å². The summed E-state index contributed by atoms with van der Waals surface area (Å²) < 4.78 is 28.1. The molecule has 2 heterocycles. The number of nitrogens with one attached hydrogen (secondary N) is 1. The van der Waals surface area contributed by atoms with Gasteiger partial charge >= 0.3 is 5.69 Å². The Bertz CT molecular complexity index is 685. The summed E-state index contributed by atoms with van der Waals surface area (Å²) in [5, 5.41) is 6.37. The Morgan fingerprint density at radius 3 is 2.72 bits per heavy atom. The Hall–Kier alpha value is -1.98. The van der Waals surface area contributed by atoms with Crippen LogP contribution in [0.4, 0.5) is 8.78 Å². The second-order valence-corrected chi connectivity index (χ2v) is 4.91. The standard InChI is InChI=1S/C12H9F2N3O/c13-6-1-5(2-7(14)3-6)10-8-4-9(8)11-15-16-12(18)17(10)11/h1-3,8-10H,4H2,(H,16,18). The Morgan fingerprint density at radius 1 is 1.28 bits per heavy atom. The van der Waals surface area contributed by atoms with E-state index < -0.39 is 11.6 Å². The Balaban J connectivity index is 1.91. The molecule has 3 atom stereocenters. The number of hydrogen-bond acceptors (Lipinski definition) is 2. The van der Waals surface area contributed by atoms with E-state index in [4.69, 9.17) is 0 Å². The third-order valence-electron chi connectivity index (χ3n) is 3.81. The van der Waals surface area contributed by atoms with Gasteiger partial charge in [0.05, 0.1) is 6.04 Å². The van der Waals surface area contributed by atoms with Crippen molar-refractivity contribution in [1.29, 1.82) is 0 Å². The van der Waals surface area contributed by atoms with Gasteiger partial charge in [0, 0.05) is 12.0 Å². The summed E-state index contributed by atoms with van der Waals surface area (Å²) in [5.74, 6) is -0.0321. The van der Waals surface area contributed by atoms with Gasteiger partial charge < -0.3 is 0 Å². The van der Waals surface area contributed by atoms with Gasteiger partial charge in [-0.05, 0) is 30.0 Å².